The van der Waals surface area contributed by atoms with Gasteiger partial charge < -0.3 is 10.6 Å². The van der Waals surface area contributed by atoms with Gasteiger partial charge in [0.15, 0.2) is 0 Å². The van der Waals surface area contributed by atoms with E-state index in [2.05, 4.69) is 57.9 Å². The van der Waals surface area contributed by atoms with Crippen molar-refractivity contribution in [2.45, 2.75) is 12.8 Å². The summed E-state index contributed by atoms with van der Waals surface area (Å²) in [5, 5.41) is 11.6. The number of fused-ring (bicyclic) bond motifs is 4. The molecule has 0 unspecified atom stereocenters. The quantitative estimate of drug-likeness (QED) is 0.536. The SMILES string of the molecule is C1=CC2=CSCCCSCC3=CC=CC(=CSCCCSCC(=C1)N2)N3. The number of rotatable bonds is 0. The van der Waals surface area contributed by atoms with E-state index in [9.17, 15) is 0 Å². The zero-order chi connectivity index (χ0) is 17.9. The predicted molar refractivity (Wildman–Crippen MR) is 126 cm³/mol. The van der Waals surface area contributed by atoms with Crippen molar-refractivity contribution in [3.8, 4) is 0 Å². The van der Waals surface area contributed by atoms with E-state index >= 15 is 0 Å². The lowest BCUT2D eigenvalue weighted by Gasteiger charge is -2.16. The van der Waals surface area contributed by atoms with E-state index in [1.807, 2.05) is 47.0 Å². The van der Waals surface area contributed by atoms with Gasteiger partial charge in [-0.1, -0.05) is 12.2 Å². The van der Waals surface area contributed by atoms with Crippen LogP contribution < -0.4 is 10.6 Å². The number of allylic oxidation sites excluding steroid dienone is 6. The molecule has 2 N–H and O–H groups in total. The lowest BCUT2D eigenvalue weighted by atomic mass is 10.3. The molecule has 0 amide bonds. The molecule has 0 atom stereocenters. The van der Waals surface area contributed by atoms with E-state index in [4.69, 9.17) is 0 Å². The molecule has 0 aliphatic carbocycles. The molecule has 6 heteroatoms. The third kappa shape index (κ3) is 7.59. The van der Waals surface area contributed by atoms with Crippen molar-refractivity contribution in [2.24, 2.45) is 0 Å². The largest absolute Gasteiger partial charge is 0.358 e. The third-order valence-corrected chi connectivity index (χ3v) is 7.87. The van der Waals surface area contributed by atoms with E-state index in [-0.39, 0.29) is 0 Å². The van der Waals surface area contributed by atoms with Crippen LogP contribution in [0, 0.1) is 0 Å². The maximum Gasteiger partial charge on any atom is 0.0446 e. The summed E-state index contributed by atoms with van der Waals surface area (Å²) in [6, 6.07) is 0. The van der Waals surface area contributed by atoms with Gasteiger partial charge in [0.05, 0.1) is 0 Å². The molecule has 3 aliphatic heterocycles. The van der Waals surface area contributed by atoms with Crippen molar-refractivity contribution in [1.82, 2.24) is 10.6 Å². The highest BCUT2D eigenvalue weighted by Gasteiger charge is 2.05. The lowest BCUT2D eigenvalue weighted by Crippen LogP contribution is -2.16. The standard InChI is InChI=1S/C20H26N2S4/c1-5-17-13-23-9-3-11-25-15-19-7-2-8-20(22-19)16-26-12-4-10-24-14-18(6-1)21-17/h1-2,5-8,13,16,21-22H,3-4,9-12,14-15H2. The fourth-order valence-electron chi connectivity index (χ4n) is 2.53. The molecule has 0 fully saturated rings. The van der Waals surface area contributed by atoms with Crippen molar-refractivity contribution in [1.29, 1.82) is 0 Å². The third-order valence-electron chi connectivity index (χ3n) is 3.79. The van der Waals surface area contributed by atoms with Crippen LogP contribution in [0.4, 0.5) is 0 Å². The Bertz CT molecular complexity index is 588. The van der Waals surface area contributed by atoms with E-state index in [0.29, 0.717) is 0 Å². The molecule has 26 heavy (non-hydrogen) atoms. The van der Waals surface area contributed by atoms with Crippen LogP contribution in [0.25, 0.3) is 0 Å². The van der Waals surface area contributed by atoms with E-state index in [1.165, 1.54) is 58.6 Å². The van der Waals surface area contributed by atoms with Crippen LogP contribution in [0.2, 0.25) is 0 Å². The van der Waals surface area contributed by atoms with E-state index in [1.54, 1.807) is 0 Å². The molecule has 0 saturated carbocycles. The summed E-state index contributed by atoms with van der Waals surface area (Å²) in [4.78, 5) is 0. The molecule has 0 aromatic rings. The zero-order valence-electron chi connectivity index (χ0n) is 14.9. The Balaban J connectivity index is 1.52. The van der Waals surface area contributed by atoms with Crippen molar-refractivity contribution >= 4 is 47.0 Å². The molecular formula is C20H26N2S4. The van der Waals surface area contributed by atoms with Crippen LogP contribution >= 0.6 is 47.0 Å². The second-order valence-electron chi connectivity index (χ2n) is 6.05. The van der Waals surface area contributed by atoms with Gasteiger partial charge in [-0.05, 0) is 71.0 Å². The smallest absolute Gasteiger partial charge is 0.0446 e. The first-order valence-electron chi connectivity index (χ1n) is 8.98. The summed E-state index contributed by atoms with van der Waals surface area (Å²) in [6.45, 7) is 0. The Morgan fingerprint density at radius 2 is 1.15 bits per heavy atom. The van der Waals surface area contributed by atoms with Gasteiger partial charge in [0.1, 0.15) is 0 Å². The minimum atomic E-state index is 1.06. The monoisotopic (exact) mass is 422 g/mol. The summed E-state index contributed by atoms with van der Waals surface area (Å²) >= 11 is 7.86. The first-order valence-corrected chi connectivity index (χ1v) is 13.4. The van der Waals surface area contributed by atoms with Gasteiger partial charge in [0.25, 0.3) is 0 Å². The molecule has 0 spiro atoms. The highest BCUT2D eigenvalue weighted by molar-refractivity contribution is 8.02. The highest BCUT2D eigenvalue weighted by atomic mass is 32.2. The molecule has 0 aromatic carbocycles. The number of hydrogen-bond acceptors (Lipinski definition) is 6. The van der Waals surface area contributed by atoms with Crippen LogP contribution in [-0.2, 0) is 0 Å². The zero-order valence-corrected chi connectivity index (χ0v) is 18.2. The molecule has 140 valence electrons. The van der Waals surface area contributed by atoms with Crippen molar-refractivity contribution in [3.63, 3.8) is 0 Å². The van der Waals surface area contributed by atoms with Crippen LogP contribution in [0.15, 0.2) is 70.1 Å². The van der Waals surface area contributed by atoms with Crippen LogP contribution in [-0.4, -0.2) is 34.5 Å². The van der Waals surface area contributed by atoms with Gasteiger partial charge in [0, 0.05) is 34.3 Å². The first kappa shape index (κ1) is 20.2. The second-order valence-corrected chi connectivity index (χ2v) is 10.2. The van der Waals surface area contributed by atoms with Gasteiger partial charge in [-0.15, -0.1) is 23.5 Å². The van der Waals surface area contributed by atoms with Gasteiger partial charge >= 0.3 is 0 Å². The van der Waals surface area contributed by atoms with Gasteiger partial charge in [0.2, 0.25) is 0 Å². The maximum absolute atomic E-state index is 3.55. The molecule has 2 nitrogen and oxygen atoms in total. The molecule has 3 aliphatic rings. The molecular weight excluding hydrogens is 397 g/mol. The molecule has 3 rings (SSSR count). The average molecular weight is 423 g/mol. The second kappa shape index (κ2) is 12.0. The molecule has 3 heterocycles. The number of hydrogen-bond donors (Lipinski definition) is 2. The number of thioether (sulfide) groups is 4. The minimum absolute atomic E-state index is 1.06. The van der Waals surface area contributed by atoms with Crippen LogP contribution in [0.3, 0.4) is 0 Å². The Morgan fingerprint density at radius 1 is 0.654 bits per heavy atom. The summed E-state index contributed by atoms with van der Waals surface area (Å²) in [5.74, 6) is 6.89. The fourth-order valence-corrected chi connectivity index (χ4v) is 6.15. The Morgan fingerprint density at radius 3 is 1.65 bits per heavy atom. The van der Waals surface area contributed by atoms with Crippen LogP contribution in [0.1, 0.15) is 12.8 Å². The topological polar surface area (TPSA) is 24.1 Å². The Kier molecular flexibility index (Phi) is 9.32. The molecule has 0 saturated heterocycles. The Hall–Kier alpha value is -0.560. The summed E-state index contributed by atoms with van der Waals surface area (Å²) < 4.78 is 0. The molecule has 0 radical (unpaired) electrons. The summed E-state index contributed by atoms with van der Waals surface area (Å²) in [6.07, 6.45) is 15.5. The summed E-state index contributed by atoms with van der Waals surface area (Å²) in [7, 11) is 0. The highest BCUT2D eigenvalue weighted by Crippen LogP contribution is 2.20. The van der Waals surface area contributed by atoms with Crippen molar-refractivity contribution in [3.05, 3.63) is 70.1 Å². The van der Waals surface area contributed by atoms with Crippen LogP contribution in [0.5, 0.6) is 0 Å². The fraction of sp³-hybridized carbons (Fsp3) is 0.400. The Labute approximate surface area is 174 Å². The lowest BCUT2D eigenvalue weighted by molar-refractivity contribution is 0.996. The summed E-state index contributed by atoms with van der Waals surface area (Å²) in [5.41, 5.74) is 5.10. The van der Waals surface area contributed by atoms with E-state index < -0.39 is 0 Å². The van der Waals surface area contributed by atoms with Crippen molar-refractivity contribution < 1.29 is 0 Å². The average Bonchev–Trinajstić information content (AvgIpc) is 2.66. The normalized spacial score (nSPS) is 22.8. The van der Waals surface area contributed by atoms with Crippen molar-refractivity contribution in [2.75, 3.05) is 34.5 Å². The maximum atomic E-state index is 3.55. The van der Waals surface area contributed by atoms with Gasteiger partial charge in [-0.25, -0.2) is 0 Å². The van der Waals surface area contributed by atoms with Gasteiger partial charge in [-0.2, -0.15) is 23.5 Å². The molecule has 0 aromatic heterocycles. The number of nitrogens with one attached hydrogen (secondary N) is 2. The molecule has 4 bridgehead atoms. The number of dihydropyridines is 2. The van der Waals surface area contributed by atoms with Gasteiger partial charge in [-0.3, -0.25) is 0 Å². The minimum Gasteiger partial charge on any atom is -0.358 e. The van der Waals surface area contributed by atoms with E-state index in [0.717, 1.165) is 11.5 Å². The predicted octanol–water partition coefficient (Wildman–Crippen LogP) is 5.48. The first-order chi connectivity index (χ1) is 12.9.